The molecule has 0 aromatic rings. The summed E-state index contributed by atoms with van der Waals surface area (Å²) in [5, 5.41) is 30.9. The second-order valence-electron chi connectivity index (χ2n) is 4.83. The number of carboxylic acid groups (broad SMARTS) is 2. The number of aliphatic hydroxyl groups is 1. The number of carboxylic acids is 2. The Morgan fingerprint density at radius 2 is 1.59 bits per heavy atom. The Bertz CT molecular complexity index is 438. The summed E-state index contributed by atoms with van der Waals surface area (Å²) in [7, 11) is 0. The lowest BCUT2D eigenvalue weighted by atomic mass is 10.1. The minimum atomic E-state index is -1.29. The van der Waals surface area contributed by atoms with Gasteiger partial charge < -0.3 is 31.7 Å². The third-order valence-corrected chi connectivity index (χ3v) is 2.83. The van der Waals surface area contributed by atoms with Gasteiger partial charge in [-0.3, -0.25) is 19.2 Å². The SMILES string of the molecule is C[C@H](O)[C@H](N)C(=O)N[C@@H](CCC(=O)O)C(=O)N[C@H](C)C(=O)O. The fourth-order valence-corrected chi connectivity index (χ4v) is 1.40. The summed E-state index contributed by atoms with van der Waals surface area (Å²) in [6.07, 6.45) is -1.82. The molecule has 22 heavy (non-hydrogen) atoms. The van der Waals surface area contributed by atoms with Crippen molar-refractivity contribution in [1.29, 1.82) is 0 Å². The van der Waals surface area contributed by atoms with E-state index in [1.165, 1.54) is 13.8 Å². The van der Waals surface area contributed by atoms with Crippen molar-refractivity contribution < 1.29 is 34.5 Å². The number of amides is 2. The van der Waals surface area contributed by atoms with Gasteiger partial charge in [0.2, 0.25) is 11.8 Å². The second-order valence-corrected chi connectivity index (χ2v) is 4.83. The Hall–Kier alpha value is -2.20. The predicted octanol–water partition coefficient (Wildman–Crippen LogP) is -2.37. The van der Waals surface area contributed by atoms with E-state index in [0.717, 1.165) is 0 Å². The van der Waals surface area contributed by atoms with Gasteiger partial charge in [-0.1, -0.05) is 0 Å². The molecular formula is C12H21N3O7. The molecule has 2 amide bonds. The minimum absolute atomic E-state index is 0.244. The van der Waals surface area contributed by atoms with Crippen LogP contribution in [0.5, 0.6) is 0 Å². The van der Waals surface area contributed by atoms with Crippen molar-refractivity contribution in [3.63, 3.8) is 0 Å². The first-order valence-corrected chi connectivity index (χ1v) is 6.55. The standard InChI is InChI=1S/C12H21N3O7/c1-5(12(21)22)14-10(19)7(3-4-8(17)18)15-11(20)9(13)6(2)16/h5-7,9,16H,3-4,13H2,1-2H3,(H,14,19)(H,15,20)(H,17,18)(H,21,22)/t5-,6+,7+,9+/m1/s1. The van der Waals surface area contributed by atoms with Gasteiger partial charge in [0.1, 0.15) is 18.1 Å². The highest BCUT2D eigenvalue weighted by Gasteiger charge is 2.28. The highest BCUT2D eigenvalue weighted by atomic mass is 16.4. The van der Waals surface area contributed by atoms with Gasteiger partial charge >= 0.3 is 11.9 Å². The molecule has 0 aliphatic carbocycles. The molecule has 10 heteroatoms. The van der Waals surface area contributed by atoms with Crippen molar-refractivity contribution >= 4 is 23.8 Å². The Kier molecular flexibility index (Phi) is 8.05. The van der Waals surface area contributed by atoms with E-state index in [4.69, 9.17) is 15.9 Å². The van der Waals surface area contributed by atoms with Gasteiger partial charge in [-0.25, -0.2) is 0 Å². The Morgan fingerprint density at radius 1 is 1.05 bits per heavy atom. The van der Waals surface area contributed by atoms with Crippen LogP contribution in [0, 0.1) is 0 Å². The quantitative estimate of drug-likeness (QED) is 0.273. The predicted molar refractivity (Wildman–Crippen MR) is 73.7 cm³/mol. The number of aliphatic hydroxyl groups excluding tert-OH is 1. The van der Waals surface area contributed by atoms with E-state index in [1.807, 2.05) is 0 Å². The van der Waals surface area contributed by atoms with Crippen molar-refractivity contribution in [2.24, 2.45) is 5.73 Å². The first-order valence-electron chi connectivity index (χ1n) is 6.55. The lowest BCUT2D eigenvalue weighted by Gasteiger charge is -2.22. The smallest absolute Gasteiger partial charge is 0.325 e. The summed E-state index contributed by atoms with van der Waals surface area (Å²) in [6, 6.07) is -3.77. The molecule has 0 aliphatic heterocycles. The van der Waals surface area contributed by atoms with Crippen LogP contribution in [-0.2, 0) is 19.2 Å². The largest absolute Gasteiger partial charge is 0.481 e. The number of hydrogen-bond acceptors (Lipinski definition) is 6. The summed E-state index contributed by atoms with van der Waals surface area (Å²) >= 11 is 0. The molecule has 4 atom stereocenters. The average molecular weight is 319 g/mol. The van der Waals surface area contributed by atoms with Crippen LogP contribution < -0.4 is 16.4 Å². The van der Waals surface area contributed by atoms with Crippen molar-refractivity contribution in [2.45, 2.75) is 50.9 Å². The Balaban J connectivity index is 4.88. The van der Waals surface area contributed by atoms with Crippen LogP contribution in [0.1, 0.15) is 26.7 Å². The molecule has 0 saturated carbocycles. The second kappa shape index (κ2) is 8.95. The van der Waals surface area contributed by atoms with Gasteiger partial charge in [0.25, 0.3) is 0 Å². The maximum absolute atomic E-state index is 11.9. The van der Waals surface area contributed by atoms with Gasteiger partial charge in [0.05, 0.1) is 6.10 Å². The zero-order valence-electron chi connectivity index (χ0n) is 12.3. The van der Waals surface area contributed by atoms with Crippen LogP contribution in [-0.4, -0.2) is 63.3 Å². The highest BCUT2D eigenvalue weighted by molar-refractivity contribution is 5.92. The molecule has 7 N–H and O–H groups in total. The molecule has 126 valence electrons. The number of carbonyl (C=O) groups is 4. The molecule has 0 aliphatic rings. The lowest BCUT2D eigenvalue weighted by molar-refractivity contribution is -0.142. The van der Waals surface area contributed by atoms with E-state index in [1.54, 1.807) is 0 Å². The molecular weight excluding hydrogens is 298 g/mol. The zero-order valence-corrected chi connectivity index (χ0v) is 12.3. The topological polar surface area (TPSA) is 179 Å². The number of aliphatic carboxylic acids is 2. The molecule has 10 nitrogen and oxygen atoms in total. The maximum Gasteiger partial charge on any atom is 0.325 e. The summed E-state index contributed by atoms with van der Waals surface area (Å²) < 4.78 is 0. The van der Waals surface area contributed by atoms with Crippen molar-refractivity contribution in [3.8, 4) is 0 Å². The van der Waals surface area contributed by atoms with Crippen molar-refractivity contribution in [3.05, 3.63) is 0 Å². The third kappa shape index (κ3) is 6.99. The lowest BCUT2D eigenvalue weighted by Crippen LogP contribution is -2.56. The molecule has 0 aromatic carbocycles. The number of rotatable bonds is 9. The fraction of sp³-hybridized carbons (Fsp3) is 0.667. The molecule has 0 rings (SSSR count). The molecule has 0 fully saturated rings. The molecule has 0 radical (unpaired) electrons. The molecule has 0 unspecified atom stereocenters. The number of nitrogens with one attached hydrogen (secondary N) is 2. The Labute approximate surface area is 126 Å². The molecule has 0 aromatic heterocycles. The minimum Gasteiger partial charge on any atom is -0.481 e. The summed E-state index contributed by atoms with van der Waals surface area (Å²) in [6.45, 7) is 2.50. The van der Waals surface area contributed by atoms with Crippen molar-refractivity contribution in [2.75, 3.05) is 0 Å². The molecule has 0 bridgehead atoms. The van der Waals surface area contributed by atoms with Gasteiger partial charge in [-0.05, 0) is 20.3 Å². The van der Waals surface area contributed by atoms with E-state index in [-0.39, 0.29) is 6.42 Å². The average Bonchev–Trinajstić information content (AvgIpc) is 2.41. The van der Waals surface area contributed by atoms with Gasteiger partial charge in [-0.2, -0.15) is 0 Å². The van der Waals surface area contributed by atoms with E-state index in [0.29, 0.717) is 0 Å². The Morgan fingerprint density at radius 3 is 2.00 bits per heavy atom. The number of nitrogens with two attached hydrogens (primary N) is 1. The van der Waals surface area contributed by atoms with Crippen LogP contribution in [0.25, 0.3) is 0 Å². The van der Waals surface area contributed by atoms with E-state index in [2.05, 4.69) is 10.6 Å². The first kappa shape index (κ1) is 19.8. The summed E-state index contributed by atoms with van der Waals surface area (Å²) in [5.74, 6) is -4.15. The third-order valence-electron chi connectivity index (χ3n) is 2.83. The van der Waals surface area contributed by atoms with E-state index in [9.17, 15) is 24.3 Å². The first-order chi connectivity index (χ1) is 10.1. The molecule has 0 saturated heterocycles. The van der Waals surface area contributed by atoms with Gasteiger partial charge in [0, 0.05) is 6.42 Å². The van der Waals surface area contributed by atoms with Crippen LogP contribution >= 0.6 is 0 Å². The van der Waals surface area contributed by atoms with Crippen molar-refractivity contribution in [1.82, 2.24) is 10.6 Å². The van der Waals surface area contributed by atoms with Crippen LogP contribution in [0.15, 0.2) is 0 Å². The maximum atomic E-state index is 11.9. The van der Waals surface area contributed by atoms with Gasteiger partial charge in [0.15, 0.2) is 0 Å². The highest BCUT2D eigenvalue weighted by Crippen LogP contribution is 2.01. The van der Waals surface area contributed by atoms with E-state index < -0.39 is 54.4 Å². The number of hydrogen-bond donors (Lipinski definition) is 6. The molecule has 0 heterocycles. The fourth-order valence-electron chi connectivity index (χ4n) is 1.40. The number of carbonyl (C=O) groups excluding carboxylic acids is 2. The van der Waals surface area contributed by atoms with Gasteiger partial charge in [-0.15, -0.1) is 0 Å². The zero-order chi connectivity index (χ0) is 17.4. The molecule has 0 spiro atoms. The van der Waals surface area contributed by atoms with E-state index >= 15 is 0 Å². The van der Waals surface area contributed by atoms with Crippen LogP contribution in [0.3, 0.4) is 0 Å². The normalized spacial score (nSPS) is 16.0. The monoisotopic (exact) mass is 319 g/mol. The van der Waals surface area contributed by atoms with Crippen LogP contribution in [0.4, 0.5) is 0 Å². The van der Waals surface area contributed by atoms with Crippen LogP contribution in [0.2, 0.25) is 0 Å². The summed E-state index contributed by atoms with van der Waals surface area (Å²) in [4.78, 5) is 44.9. The summed E-state index contributed by atoms with van der Waals surface area (Å²) in [5.41, 5.74) is 5.41.